The van der Waals surface area contributed by atoms with Crippen molar-refractivity contribution in [3.8, 4) is 0 Å². The van der Waals surface area contributed by atoms with Gasteiger partial charge >= 0.3 is 0 Å². The third kappa shape index (κ3) is 3.32. The molecule has 98 valence electrons. The van der Waals surface area contributed by atoms with Crippen LogP contribution in [0.5, 0.6) is 0 Å². The summed E-state index contributed by atoms with van der Waals surface area (Å²) in [5.41, 5.74) is 2.24. The van der Waals surface area contributed by atoms with Crippen LogP contribution in [0.3, 0.4) is 0 Å². The van der Waals surface area contributed by atoms with Crippen molar-refractivity contribution in [1.82, 2.24) is 5.32 Å². The minimum Gasteiger partial charge on any atom is -0.373 e. The highest BCUT2D eigenvalue weighted by atomic mass is 32.2. The molecular weight excluding hydrogens is 248 g/mol. The molecule has 5 heteroatoms. The van der Waals surface area contributed by atoms with E-state index in [2.05, 4.69) is 10.6 Å². The van der Waals surface area contributed by atoms with Gasteiger partial charge < -0.3 is 10.6 Å². The van der Waals surface area contributed by atoms with Gasteiger partial charge in [-0.3, -0.25) is 9.00 Å². The fraction of sp³-hybridized carbons (Fsp3) is 0.462. The molecule has 0 spiro atoms. The Balaban J connectivity index is 1.77. The zero-order valence-corrected chi connectivity index (χ0v) is 11.3. The number of para-hydroxylation sites is 1. The van der Waals surface area contributed by atoms with E-state index in [4.69, 9.17) is 0 Å². The van der Waals surface area contributed by atoms with Crippen LogP contribution in [-0.2, 0) is 22.0 Å². The largest absolute Gasteiger partial charge is 0.373 e. The highest BCUT2D eigenvalue weighted by Gasteiger charge is 2.25. The highest BCUT2D eigenvalue weighted by molar-refractivity contribution is 7.84. The van der Waals surface area contributed by atoms with Gasteiger partial charge in [0.25, 0.3) is 0 Å². The van der Waals surface area contributed by atoms with Crippen LogP contribution in [0.2, 0.25) is 0 Å². The molecule has 1 aliphatic heterocycles. The predicted octanol–water partition coefficient (Wildman–Crippen LogP) is 0.908. The average molecular weight is 266 g/mol. The molecule has 0 radical (unpaired) electrons. The molecule has 1 aromatic rings. The van der Waals surface area contributed by atoms with Crippen LogP contribution in [0.15, 0.2) is 24.3 Å². The Labute approximate surface area is 110 Å². The van der Waals surface area contributed by atoms with Gasteiger partial charge in [0.1, 0.15) is 6.04 Å². The van der Waals surface area contributed by atoms with E-state index in [1.807, 2.05) is 24.3 Å². The topological polar surface area (TPSA) is 58.2 Å². The first-order valence-corrected chi connectivity index (χ1v) is 7.81. The molecule has 1 heterocycles. The fourth-order valence-corrected chi connectivity index (χ4v) is 2.62. The first-order valence-electron chi connectivity index (χ1n) is 6.09. The van der Waals surface area contributed by atoms with Gasteiger partial charge in [-0.2, -0.15) is 0 Å². The van der Waals surface area contributed by atoms with Gasteiger partial charge in [0.05, 0.1) is 0 Å². The minimum atomic E-state index is -0.782. The number of carbonyl (C=O) groups is 1. The molecule has 0 aliphatic carbocycles. The number of nitrogens with one attached hydrogen (secondary N) is 2. The van der Waals surface area contributed by atoms with E-state index in [1.54, 1.807) is 6.26 Å². The number of benzene rings is 1. The maximum absolute atomic E-state index is 11.9. The summed E-state index contributed by atoms with van der Waals surface area (Å²) >= 11 is 0. The molecule has 1 aliphatic rings. The lowest BCUT2D eigenvalue weighted by molar-refractivity contribution is -0.121. The molecule has 0 aromatic heterocycles. The van der Waals surface area contributed by atoms with Crippen LogP contribution >= 0.6 is 0 Å². The van der Waals surface area contributed by atoms with Crippen LogP contribution in [0, 0.1) is 0 Å². The van der Waals surface area contributed by atoms with Gasteiger partial charge in [0.15, 0.2) is 0 Å². The van der Waals surface area contributed by atoms with E-state index in [0.29, 0.717) is 12.3 Å². The fourth-order valence-electron chi connectivity index (χ4n) is 2.07. The molecule has 4 nitrogen and oxygen atoms in total. The number of anilines is 1. The second kappa shape index (κ2) is 6.00. The zero-order chi connectivity index (χ0) is 13.0. The molecule has 0 bridgehead atoms. The summed E-state index contributed by atoms with van der Waals surface area (Å²) in [6, 6.07) is 7.80. The average Bonchev–Trinajstić information content (AvgIpc) is 2.78. The molecule has 2 atom stereocenters. The Morgan fingerprint density at radius 2 is 2.28 bits per heavy atom. The van der Waals surface area contributed by atoms with E-state index < -0.39 is 10.8 Å². The summed E-state index contributed by atoms with van der Waals surface area (Å²) in [5.74, 6) is 0.659. The Bertz CT molecular complexity index is 437. The lowest BCUT2D eigenvalue weighted by Gasteiger charge is -2.11. The summed E-state index contributed by atoms with van der Waals surface area (Å²) in [7, 11) is -0.782. The van der Waals surface area contributed by atoms with E-state index in [0.717, 1.165) is 18.5 Å². The molecule has 18 heavy (non-hydrogen) atoms. The molecule has 2 rings (SSSR count). The zero-order valence-electron chi connectivity index (χ0n) is 10.4. The lowest BCUT2D eigenvalue weighted by atomic mass is 10.1. The number of carbonyl (C=O) groups excluding carboxylic acids is 1. The van der Waals surface area contributed by atoms with Gasteiger partial charge in [-0.1, -0.05) is 18.2 Å². The molecule has 2 N–H and O–H groups in total. The van der Waals surface area contributed by atoms with Gasteiger partial charge in [0, 0.05) is 41.5 Å². The van der Waals surface area contributed by atoms with Crippen molar-refractivity contribution in [3.05, 3.63) is 29.8 Å². The Morgan fingerprint density at radius 1 is 1.50 bits per heavy atom. The van der Waals surface area contributed by atoms with Gasteiger partial charge in [-0.15, -0.1) is 0 Å². The van der Waals surface area contributed by atoms with Crippen molar-refractivity contribution in [2.45, 2.75) is 18.9 Å². The van der Waals surface area contributed by atoms with Crippen molar-refractivity contribution >= 4 is 22.4 Å². The quantitative estimate of drug-likeness (QED) is 0.779. The van der Waals surface area contributed by atoms with E-state index in [1.165, 1.54) is 5.56 Å². The molecule has 0 fully saturated rings. The molecule has 1 amide bonds. The standard InChI is InChI=1S/C13H18N2O2S/c1-18(17)8-4-7-14-13(16)12-9-10-5-2-3-6-11(10)15-12/h2-3,5-6,12,15H,4,7-9H2,1H3,(H,14,16)/t12-,18?/m0/s1. The maximum Gasteiger partial charge on any atom is 0.242 e. The van der Waals surface area contributed by atoms with Crippen molar-refractivity contribution in [3.63, 3.8) is 0 Å². The van der Waals surface area contributed by atoms with Crippen LogP contribution in [0.4, 0.5) is 5.69 Å². The predicted molar refractivity (Wildman–Crippen MR) is 74.1 cm³/mol. The SMILES string of the molecule is CS(=O)CCCNC(=O)[C@@H]1Cc2ccccc2N1. The first kappa shape index (κ1) is 13.1. The number of hydrogen-bond acceptors (Lipinski definition) is 3. The summed E-state index contributed by atoms with van der Waals surface area (Å²) in [6.07, 6.45) is 3.17. The van der Waals surface area contributed by atoms with E-state index >= 15 is 0 Å². The van der Waals surface area contributed by atoms with Crippen LogP contribution < -0.4 is 10.6 Å². The number of fused-ring (bicyclic) bond motifs is 1. The Morgan fingerprint density at radius 3 is 3.00 bits per heavy atom. The summed E-state index contributed by atoms with van der Waals surface area (Å²) in [4.78, 5) is 11.9. The summed E-state index contributed by atoms with van der Waals surface area (Å²) in [6.45, 7) is 0.590. The molecular formula is C13H18N2O2S. The second-order valence-electron chi connectivity index (χ2n) is 4.48. The number of hydrogen-bond donors (Lipinski definition) is 2. The van der Waals surface area contributed by atoms with Crippen molar-refractivity contribution < 1.29 is 9.00 Å². The van der Waals surface area contributed by atoms with Crippen molar-refractivity contribution in [2.24, 2.45) is 0 Å². The third-order valence-corrected chi connectivity index (χ3v) is 3.86. The maximum atomic E-state index is 11.9. The van der Waals surface area contributed by atoms with Crippen LogP contribution in [0.1, 0.15) is 12.0 Å². The van der Waals surface area contributed by atoms with E-state index in [9.17, 15) is 9.00 Å². The van der Waals surface area contributed by atoms with Crippen molar-refractivity contribution in [1.29, 1.82) is 0 Å². The first-order chi connectivity index (χ1) is 8.66. The number of amides is 1. The van der Waals surface area contributed by atoms with Crippen LogP contribution in [-0.4, -0.2) is 34.7 Å². The lowest BCUT2D eigenvalue weighted by Crippen LogP contribution is -2.39. The second-order valence-corrected chi connectivity index (χ2v) is 6.03. The smallest absolute Gasteiger partial charge is 0.242 e. The van der Waals surface area contributed by atoms with Crippen LogP contribution in [0.25, 0.3) is 0 Å². The molecule has 0 saturated carbocycles. The molecule has 1 aromatic carbocycles. The normalized spacial score (nSPS) is 18.8. The van der Waals surface area contributed by atoms with Gasteiger partial charge in [0.2, 0.25) is 5.91 Å². The summed E-state index contributed by atoms with van der Waals surface area (Å²) in [5, 5.41) is 6.09. The van der Waals surface area contributed by atoms with Gasteiger partial charge in [-0.05, 0) is 18.1 Å². The number of rotatable bonds is 5. The van der Waals surface area contributed by atoms with Crippen molar-refractivity contribution in [2.75, 3.05) is 23.9 Å². The van der Waals surface area contributed by atoms with Gasteiger partial charge in [-0.25, -0.2) is 0 Å². The summed E-state index contributed by atoms with van der Waals surface area (Å²) < 4.78 is 10.9. The Kier molecular flexibility index (Phi) is 4.36. The molecule has 1 unspecified atom stereocenters. The molecule has 0 saturated heterocycles. The highest BCUT2D eigenvalue weighted by Crippen LogP contribution is 2.24. The monoisotopic (exact) mass is 266 g/mol. The minimum absolute atomic E-state index is 0.0214. The Hall–Kier alpha value is -1.36. The third-order valence-electron chi connectivity index (χ3n) is 3.00. The van der Waals surface area contributed by atoms with E-state index in [-0.39, 0.29) is 11.9 Å².